The normalized spacial score (nSPS) is 12.9. The van der Waals surface area contributed by atoms with Gasteiger partial charge in [-0.05, 0) is 53.5 Å². The predicted octanol–water partition coefficient (Wildman–Crippen LogP) is 3.81. The Morgan fingerprint density at radius 2 is 1.56 bits per heavy atom. The van der Waals surface area contributed by atoms with Crippen LogP contribution in [0, 0.1) is 20.8 Å². The predicted molar refractivity (Wildman–Crippen MR) is 80.3 cm³/mol. The van der Waals surface area contributed by atoms with Gasteiger partial charge in [0.1, 0.15) is 0 Å². The molecule has 97 valence electrons. The maximum absolute atomic E-state index is 5.24. The molecule has 0 aromatic heterocycles. The van der Waals surface area contributed by atoms with Gasteiger partial charge in [-0.2, -0.15) is 0 Å². The molecule has 1 aromatic carbocycles. The second-order valence-electron chi connectivity index (χ2n) is 6.13. The van der Waals surface area contributed by atoms with E-state index in [1.54, 1.807) is 0 Å². The number of aryl methyl sites for hydroxylation is 1. The Hall–Kier alpha value is -0.386. The van der Waals surface area contributed by atoms with Gasteiger partial charge in [0.15, 0.2) is 0 Å². The van der Waals surface area contributed by atoms with E-state index in [1.807, 2.05) is 0 Å². The summed E-state index contributed by atoms with van der Waals surface area (Å²) in [7, 11) is 3.58. The van der Waals surface area contributed by atoms with Crippen molar-refractivity contribution in [3.63, 3.8) is 0 Å². The van der Waals surface area contributed by atoms with Crippen molar-refractivity contribution in [2.24, 2.45) is 0 Å². The fourth-order valence-corrected chi connectivity index (χ4v) is 3.64. The van der Waals surface area contributed by atoms with Gasteiger partial charge < -0.3 is 4.12 Å². The second kappa shape index (κ2) is 5.31. The molecular weight excluding hydrogens is 252 g/mol. The molecule has 3 heteroatoms. The van der Waals surface area contributed by atoms with Crippen LogP contribution >= 0.6 is 0 Å². The van der Waals surface area contributed by atoms with Crippen molar-refractivity contribution in [2.45, 2.75) is 58.9 Å². The van der Waals surface area contributed by atoms with Gasteiger partial charge in [-0.15, -0.1) is 0 Å². The number of hydrogen-bond acceptors (Lipinski definition) is 1. The summed E-state index contributed by atoms with van der Waals surface area (Å²) in [4.78, 5) is 0. The molecule has 0 saturated heterocycles. The Labute approximate surface area is 118 Å². The molecule has 0 amide bonds. The lowest BCUT2D eigenvalue weighted by molar-refractivity contribution is 0.363. The van der Waals surface area contributed by atoms with Gasteiger partial charge in [0.05, 0.1) is 0 Å². The van der Waals surface area contributed by atoms with E-state index >= 15 is 0 Å². The SMILES string of the molecule is Cc1ccc(C(C)(C)C(C)(C)[Si]O[Si])c(C)c1C. The first-order chi connectivity index (χ1) is 8.15. The summed E-state index contributed by atoms with van der Waals surface area (Å²) in [5.41, 5.74) is 5.67. The van der Waals surface area contributed by atoms with Crippen molar-refractivity contribution in [1.29, 1.82) is 0 Å². The zero-order chi connectivity index (χ0) is 14.1. The molecule has 1 rings (SSSR count). The van der Waals surface area contributed by atoms with E-state index in [-0.39, 0.29) is 10.5 Å². The van der Waals surface area contributed by atoms with E-state index in [4.69, 9.17) is 4.12 Å². The van der Waals surface area contributed by atoms with E-state index in [2.05, 4.69) is 71.1 Å². The Bertz CT molecular complexity index is 436. The molecule has 0 spiro atoms. The number of rotatable bonds is 4. The summed E-state index contributed by atoms with van der Waals surface area (Å²) in [6.45, 7) is 15.8. The van der Waals surface area contributed by atoms with Gasteiger partial charge in [0.2, 0.25) is 20.2 Å². The molecule has 0 heterocycles. The third kappa shape index (κ3) is 2.63. The molecule has 1 nitrogen and oxygen atoms in total. The van der Waals surface area contributed by atoms with E-state index in [1.165, 1.54) is 22.3 Å². The first-order valence-corrected chi connectivity index (χ1v) is 7.64. The molecule has 0 unspecified atom stereocenters. The maximum atomic E-state index is 5.24. The summed E-state index contributed by atoms with van der Waals surface area (Å²) >= 11 is 0. The van der Waals surface area contributed by atoms with Gasteiger partial charge in [-0.3, -0.25) is 0 Å². The topological polar surface area (TPSA) is 9.23 Å². The molecule has 0 aliphatic rings. The monoisotopic (exact) mass is 275 g/mol. The molecule has 1 aromatic rings. The van der Waals surface area contributed by atoms with Gasteiger partial charge in [0.25, 0.3) is 0 Å². The minimum Gasteiger partial charge on any atom is -0.457 e. The van der Waals surface area contributed by atoms with E-state index in [0.29, 0.717) is 9.76 Å². The van der Waals surface area contributed by atoms with Crippen LogP contribution in [0.2, 0.25) is 5.04 Å². The van der Waals surface area contributed by atoms with Crippen molar-refractivity contribution in [1.82, 2.24) is 0 Å². The number of hydrogen-bond donors (Lipinski definition) is 0. The lowest BCUT2D eigenvalue weighted by atomic mass is 9.71. The Balaban J connectivity index is 3.33. The van der Waals surface area contributed by atoms with E-state index in [0.717, 1.165) is 0 Å². The smallest absolute Gasteiger partial charge is 0.229 e. The first kappa shape index (κ1) is 15.7. The molecule has 0 N–H and O–H groups in total. The Morgan fingerprint density at radius 3 is 2.06 bits per heavy atom. The highest BCUT2D eigenvalue weighted by atomic mass is 28.3. The van der Waals surface area contributed by atoms with Crippen LogP contribution in [0.4, 0.5) is 0 Å². The van der Waals surface area contributed by atoms with Crippen LogP contribution in [0.3, 0.4) is 0 Å². The molecule has 0 aliphatic carbocycles. The molecule has 18 heavy (non-hydrogen) atoms. The van der Waals surface area contributed by atoms with Crippen LogP contribution in [-0.2, 0) is 9.53 Å². The second-order valence-corrected chi connectivity index (χ2v) is 8.40. The van der Waals surface area contributed by atoms with Crippen LogP contribution in [0.15, 0.2) is 12.1 Å². The minimum atomic E-state index is 0.0701. The van der Waals surface area contributed by atoms with Gasteiger partial charge in [0, 0.05) is 0 Å². The molecular formula is C15H23OSi2. The van der Waals surface area contributed by atoms with Gasteiger partial charge in [-0.1, -0.05) is 39.8 Å². The molecule has 5 radical (unpaired) electrons. The fraction of sp³-hybridized carbons (Fsp3) is 0.600. The fourth-order valence-electron chi connectivity index (χ4n) is 2.23. The lowest BCUT2D eigenvalue weighted by Gasteiger charge is -2.42. The van der Waals surface area contributed by atoms with Crippen LogP contribution in [-0.4, -0.2) is 20.2 Å². The molecule has 0 saturated carbocycles. The maximum Gasteiger partial charge on any atom is 0.229 e. The highest BCUT2D eigenvalue weighted by molar-refractivity contribution is 6.38. The van der Waals surface area contributed by atoms with Gasteiger partial charge >= 0.3 is 0 Å². The van der Waals surface area contributed by atoms with Crippen LogP contribution in [0.5, 0.6) is 0 Å². The zero-order valence-electron chi connectivity index (χ0n) is 12.6. The van der Waals surface area contributed by atoms with Crippen LogP contribution in [0.25, 0.3) is 0 Å². The van der Waals surface area contributed by atoms with E-state index < -0.39 is 0 Å². The third-order valence-electron chi connectivity index (χ3n) is 4.60. The molecule has 0 atom stereocenters. The highest BCUT2D eigenvalue weighted by Crippen LogP contribution is 2.47. The van der Waals surface area contributed by atoms with Crippen molar-refractivity contribution >= 4 is 20.2 Å². The summed E-state index contributed by atoms with van der Waals surface area (Å²) in [5.74, 6) is 0. The highest BCUT2D eigenvalue weighted by Gasteiger charge is 2.40. The summed E-state index contributed by atoms with van der Waals surface area (Å²) in [6, 6.07) is 4.50. The first-order valence-electron chi connectivity index (χ1n) is 6.32. The Morgan fingerprint density at radius 1 is 1.00 bits per heavy atom. The summed E-state index contributed by atoms with van der Waals surface area (Å²) < 4.78 is 5.24. The van der Waals surface area contributed by atoms with Crippen molar-refractivity contribution in [2.75, 3.05) is 0 Å². The van der Waals surface area contributed by atoms with Crippen LogP contribution in [0.1, 0.15) is 49.9 Å². The average Bonchev–Trinajstić information content (AvgIpc) is 2.25. The third-order valence-corrected chi connectivity index (χ3v) is 6.14. The van der Waals surface area contributed by atoms with Crippen molar-refractivity contribution in [3.8, 4) is 0 Å². The zero-order valence-corrected chi connectivity index (χ0v) is 14.6. The largest absolute Gasteiger partial charge is 0.457 e. The summed E-state index contributed by atoms with van der Waals surface area (Å²) in [6.07, 6.45) is 0. The van der Waals surface area contributed by atoms with Crippen molar-refractivity contribution < 1.29 is 4.12 Å². The van der Waals surface area contributed by atoms with E-state index in [9.17, 15) is 0 Å². The van der Waals surface area contributed by atoms with Crippen molar-refractivity contribution in [3.05, 3.63) is 34.4 Å². The van der Waals surface area contributed by atoms with Crippen LogP contribution < -0.4 is 0 Å². The average molecular weight is 276 g/mol. The molecule has 0 fully saturated rings. The standard InChI is InChI=1S/C15H23OSi2/c1-10-8-9-13(12(3)11(10)2)14(4,5)15(6,7)18-16-17/h8-9H,1-7H3. The quantitative estimate of drug-likeness (QED) is 0.759. The Kier molecular flexibility index (Phi) is 4.62. The minimum absolute atomic E-state index is 0.0701. The summed E-state index contributed by atoms with van der Waals surface area (Å²) in [5, 5.41) is 0.0845. The molecule has 0 aliphatic heterocycles. The molecule has 0 bridgehead atoms. The van der Waals surface area contributed by atoms with Gasteiger partial charge in [-0.25, -0.2) is 0 Å². The number of benzene rings is 1. The lowest BCUT2D eigenvalue weighted by Crippen LogP contribution is -2.37.